The Bertz CT molecular complexity index is 701. The number of benzene rings is 1. The first kappa shape index (κ1) is 18.1. The minimum Gasteiger partial charge on any atom is -0.490 e. The van der Waals surface area contributed by atoms with Crippen molar-refractivity contribution in [2.75, 3.05) is 20.2 Å². The molecule has 0 fully saturated rings. The lowest BCUT2D eigenvalue weighted by Gasteiger charge is -2.12. The number of aromatic amines is 1. The topological polar surface area (TPSA) is 121 Å². The van der Waals surface area contributed by atoms with E-state index in [4.69, 9.17) is 33.2 Å². The number of nitrogens with zero attached hydrogens (tertiary/aromatic N) is 1. The van der Waals surface area contributed by atoms with Crippen molar-refractivity contribution in [3.05, 3.63) is 28.9 Å². The fourth-order valence-corrected chi connectivity index (χ4v) is 2.07. The number of halogens is 2. The summed E-state index contributed by atoms with van der Waals surface area (Å²) in [6.45, 7) is 0.732. The number of nitrogens with two attached hydrogens (primary N) is 2. The Labute approximate surface area is 138 Å². The van der Waals surface area contributed by atoms with Crippen molar-refractivity contribution in [1.29, 1.82) is 5.41 Å². The zero-order valence-corrected chi connectivity index (χ0v) is 13.4. The average molecular weight is 346 g/mol. The van der Waals surface area contributed by atoms with E-state index in [1.54, 1.807) is 18.2 Å². The second-order valence-corrected chi connectivity index (χ2v) is 4.81. The predicted molar refractivity (Wildman–Crippen MR) is 89.1 cm³/mol. The smallest absolute Gasteiger partial charge is 0.276 e. The number of hydrogen-bond donors (Lipinski definition) is 4. The highest BCUT2D eigenvalue weighted by Crippen LogP contribution is 2.32. The number of nitrogens with one attached hydrogen (secondary N) is 2. The van der Waals surface area contributed by atoms with Gasteiger partial charge in [-0.15, -0.1) is 12.4 Å². The van der Waals surface area contributed by atoms with Crippen molar-refractivity contribution < 1.29 is 9.53 Å². The molecule has 0 saturated carbocycles. The summed E-state index contributed by atoms with van der Waals surface area (Å²) in [4.78, 5) is 16.1. The molecule has 1 aromatic heterocycles. The van der Waals surface area contributed by atoms with Gasteiger partial charge < -0.3 is 21.2 Å². The number of amides is 1. The third kappa shape index (κ3) is 3.44. The quantitative estimate of drug-likeness (QED) is 0.496. The summed E-state index contributed by atoms with van der Waals surface area (Å²) in [5.74, 6) is -0.215. The van der Waals surface area contributed by atoms with Crippen LogP contribution in [0, 0.1) is 5.41 Å². The summed E-state index contributed by atoms with van der Waals surface area (Å²) >= 11 is 6.13. The first-order chi connectivity index (χ1) is 9.95. The average Bonchev–Trinajstić information content (AvgIpc) is 2.91. The first-order valence-electron chi connectivity index (χ1n) is 6.22. The molecule has 0 radical (unpaired) electrons. The largest absolute Gasteiger partial charge is 0.490 e. The van der Waals surface area contributed by atoms with Crippen LogP contribution in [0.5, 0.6) is 5.75 Å². The molecule has 0 unspecified atom stereocenters. The molecule has 120 valence electrons. The summed E-state index contributed by atoms with van der Waals surface area (Å²) < 4.78 is 5.52. The lowest BCUT2D eigenvalue weighted by Crippen LogP contribution is -2.38. The van der Waals surface area contributed by atoms with Gasteiger partial charge in [0.15, 0.2) is 5.96 Å². The zero-order valence-electron chi connectivity index (χ0n) is 11.9. The van der Waals surface area contributed by atoms with Crippen LogP contribution in [-0.2, 0) is 0 Å². The lowest BCUT2D eigenvalue weighted by molar-refractivity contribution is 0.0864. The Balaban J connectivity index is 0.00000242. The second kappa shape index (κ2) is 7.35. The van der Waals surface area contributed by atoms with Gasteiger partial charge in [0, 0.05) is 19.0 Å². The molecule has 0 aliphatic heterocycles. The molecule has 0 spiro atoms. The van der Waals surface area contributed by atoms with Gasteiger partial charge in [0.25, 0.3) is 5.91 Å². The Kier molecular flexibility index (Phi) is 6.04. The van der Waals surface area contributed by atoms with E-state index in [0.29, 0.717) is 34.8 Å². The molecule has 22 heavy (non-hydrogen) atoms. The number of ether oxygens (including phenoxy) is 1. The van der Waals surface area contributed by atoms with Crippen molar-refractivity contribution in [1.82, 2.24) is 9.88 Å². The van der Waals surface area contributed by atoms with E-state index in [1.807, 2.05) is 0 Å². The maximum atomic E-state index is 12.2. The van der Waals surface area contributed by atoms with Gasteiger partial charge in [0.05, 0.1) is 10.5 Å². The van der Waals surface area contributed by atoms with Crippen LogP contribution >= 0.6 is 24.0 Å². The number of H-pyrrole nitrogens is 1. The highest BCUT2D eigenvalue weighted by Gasteiger charge is 2.18. The van der Waals surface area contributed by atoms with E-state index in [-0.39, 0.29) is 24.1 Å². The summed E-state index contributed by atoms with van der Waals surface area (Å²) in [6, 6.07) is 5.00. The fourth-order valence-electron chi connectivity index (χ4n) is 1.85. The van der Waals surface area contributed by atoms with Gasteiger partial charge in [-0.25, -0.2) is 0 Å². The number of aromatic nitrogens is 1. The Morgan fingerprint density at radius 3 is 2.77 bits per heavy atom. The molecule has 7 nitrogen and oxygen atoms in total. The van der Waals surface area contributed by atoms with E-state index in [9.17, 15) is 4.79 Å². The van der Waals surface area contributed by atoms with Crippen LogP contribution in [0.15, 0.2) is 18.2 Å². The highest BCUT2D eigenvalue weighted by atomic mass is 35.5. The van der Waals surface area contributed by atoms with Crippen molar-refractivity contribution in [3.63, 3.8) is 0 Å². The molecule has 0 bridgehead atoms. The number of guanidine groups is 1. The van der Waals surface area contributed by atoms with E-state index in [0.717, 1.165) is 4.90 Å². The Hall–Kier alpha value is -1.96. The monoisotopic (exact) mass is 345 g/mol. The number of rotatable bonds is 4. The Morgan fingerprint density at radius 1 is 1.50 bits per heavy atom. The van der Waals surface area contributed by atoms with Gasteiger partial charge >= 0.3 is 0 Å². The van der Waals surface area contributed by atoms with Gasteiger partial charge in [0.1, 0.15) is 18.1 Å². The number of carbonyl (C=O) groups excluding carboxylic acids is 1. The molecule has 1 aromatic carbocycles. The maximum absolute atomic E-state index is 12.2. The van der Waals surface area contributed by atoms with Crippen molar-refractivity contribution in [2.24, 2.45) is 11.5 Å². The maximum Gasteiger partial charge on any atom is 0.276 e. The molecule has 2 rings (SSSR count). The van der Waals surface area contributed by atoms with Gasteiger partial charge in [0.2, 0.25) is 0 Å². The first-order valence-corrected chi connectivity index (χ1v) is 6.59. The van der Waals surface area contributed by atoms with Crippen LogP contribution in [-0.4, -0.2) is 41.9 Å². The van der Waals surface area contributed by atoms with Gasteiger partial charge in [-0.3, -0.25) is 15.1 Å². The van der Waals surface area contributed by atoms with E-state index >= 15 is 0 Å². The van der Waals surface area contributed by atoms with Gasteiger partial charge in [-0.2, -0.15) is 0 Å². The number of carbonyl (C=O) groups is 1. The lowest BCUT2D eigenvalue weighted by atomic mass is 10.2. The molecule has 9 heteroatoms. The van der Waals surface area contributed by atoms with Crippen LogP contribution in [0.25, 0.3) is 10.9 Å². The molecule has 6 N–H and O–H groups in total. The summed E-state index contributed by atoms with van der Waals surface area (Å²) in [7, 11) is 1.42. The normalized spacial score (nSPS) is 10.1. The van der Waals surface area contributed by atoms with Gasteiger partial charge in [-0.05, 0) is 18.2 Å². The van der Waals surface area contributed by atoms with Gasteiger partial charge in [-0.1, -0.05) is 11.6 Å². The molecule has 1 heterocycles. The van der Waals surface area contributed by atoms with E-state index in [2.05, 4.69) is 4.98 Å². The molecular formula is C13H17Cl2N5O2. The SMILES string of the molecule is CN(C(=N)N)C(=O)c1cc2c(Cl)ccc(OCCN)c2[nH]1.Cl. The van der Waals surface area contributed by atoms with E-state index < -0.39 is 5.91 Å². The highest BCUT2D eigenvalue weighted by molar-refractivity contribution is 6.35. The zero-order chi connectivity index (χ0) is 15.6. The minimum absolute atomic E-state index is 0. The minimum atomic E-state index is -0.431. The fraction of sp³-hybridized carbons (Fsp3) is 0.231. The van der Waals surface area contributed by atoms with Crippen LogP contribution in [0.1, 0.15) is 10.5 Å². The number of hydrogen-bond acceptors (Lipinski definition) is 4. The third-order valence-corrected chi connectivity index (χ3v) is 3.30. The van der Waals surface area contributed by atoms with Crippen molar-refractivity contribution >= 4 is 46.8 Å². The molecule has 1 amide bonds. The summed E-state index contributed by atoms with van der Waals surface area (Å²) in [5.41, 5.74) is 11.6. The number of fused-ring (bicyclic) bond motifs is 1. The molecular weight excluding hydrogens is 329 g/mol. The Morgan fingerprint density at radius 2 is 2.18 bits per heavy atom. The summed E-state index contributed by atoms with van der Waals surface area (Å²) in [6.07, 6.45) is 0. The standard InChI is InChI=1S/C13H16ClN5O2.ClH/c1-19(13(16)17)12(20)9-6-7-8(14)2-3-10(11(7)18-9)21-5-4-15;/h2-3,6,18H,4-5,15H2,1H3,(H3,16,17);1H. The molecule has 2 aromatic rings. The van der Waals surface area contributed by atoms with Crippen LogP contribution in [0.4, 0.5) is 0 Å². The van der Waals surface area contributed by atoms with Crippen molar-refractivity contribution in [3.8, 4) is 5.75 Å². The molecule has 0 aliphatic rings. The molecule has 0 aliphatic carbocycles. The second-order valence-electron chi connectivity index (χ2n) is 4.40. The van der Waals surface area contributed by atoms with Crippen molar-refractivity contribution in [2.45, 2.75) is 0 Å². The molecule has 0 saturated heterocycles. The summed E-state index contributed by atoms with van der Waals surface area (Å²) in [5, 5.41) is 8.44. The van der Waals surface area contributed by atoms with Crippen LogP contribution in [0.2, 0.25) is 5.02 Å². The predicted octanol–water partition coefficient (Wildman–Crippen LogP) is 1.55. The van der Waals surface area contributed by atoms with E-state index in [1.165, 1.54) is 7.05 Å². The third-order valence-electron chi connectivity index (χ3n) is 2.97. The molecule has 0 atom stereocenters. The van der Waals surface area contributed by atoms with Crippen LogP contribution < -0.4 is 16.2 Å². The van der Waals surface area contributed by atoms with Crippen LogP contribution in [0.3, 0.4) is 0 Å².